The molecule has 16 nitrogen and oxygen atoms in total. The summed E-state index contributed by atoms with van der Waals surface area (Å²) >= 11 is 0. The first-order chi connectivity index (χ1) is 31.2. The second kappa shape index (κ2) is 17.4. The Morgan fingerprint density at radius 1 is 0.906 bits per heavy atom. The zero-order chi connectivity index (χ0) is 44.1. The number of likely N-dealkylation sites (tertiary alicyclic amines) is 2. The van der Waals surface area contributed by atoms with Crippen molar-refractivity contribution in [3.8, 4) is 11.4 Å². The summed E-state index contributed by atoms with van der Waals surface area (Å²) in [7, 11) is 0. The number of hydrogen-bond acceptors (Lipinski definition) is 13. The molecule has 2 aromatic heterocycles. The van der Waals surface area contributed by atoms with Gasteiger partial charge in [-0.05, 0) is 100 Å². The molecule has 0 radical (unpaired) electrons. The number of ether oxygens (including phenoxy) is 1. The van der Waals surface area contributed by atoms with Gasteiger partial charge in [0, 0.05) is 68.9 Å². The molecule has 0 spiro atoms. The molecule has 2 N–H and O–H groups in total. The Morgan fingerprint density at radius 2 is 1.67 bits per heavy atom. The number of allylic oxidation sites excluding steroid dienone is 1. The summed E-state index contributed by atoms with van der Waals surface area (Å²) in [6.07, 6.45) is 7.72. The van der Waals surface area contributed by atoms with E-state index in [1.807, 2.05) is 11.1 Å². The summed E-state index contributed by atoms with van der Waals surface area (Å²) in [5, 5.41) is 11.9. The third kappa shape index (κ3) is 7.76. The summed E-state index contributed by atoms with van der Waals surface area (Å²) in [5.74, 6) is 4.25. The first-order valence-corrected chi connectivity index (χ1v) is 22.6. The quantitative estimate of drug-likeness (QED) is 0.179. The number of nitrogens with zero attached hydrogens (tertiary/aromatic N) is 8. The molecule has 64 heavy (non-hydrogen) atoms. The molecule has 2 atom stereocenters. The summed E-state index contributed by atoms with van der Waals surface area (Å²) < 4.78 is 21.6. The lowest BCUT2D eigenvalue weighted by atomic mass is 9.80. The highest BCUT2D eigenvalue weighted by Gasteiger charge is 2.44. The maximum Gasteiger partial charge on any atom is 0.262 e. The van der Waals surface area contributed by atoms with Crippen LogP contribution in [0.3, 0.4) is 0 Å². The van der Waals surface area contributed by atoms with Crippen LogP contribution in [-0.4, -0.2) is 135 Å². The van der Waals surface area contributed by atoms with E-state index in [4.69, 9.17) is 19.8 Å². The monoisotopic (exact) mass is 870 g/mol. The first-order valence-electron chi connectivity index (χ1n) is 22.6. The number of nitrogens with one attached hydrogen (secondary N) is 2. The standard InChI is InChI=1S/C47H51FN10O6/c1-28-27-64-19-18-56(28)43-39-22-50-58(44(39)53-42(52-43)30-6-8-32(48)9-7-30)35-14-16-54(17-15-35)36-23-55(24-36)45(61)31-4-2-29(3-5-31)21-49-33-10-12-37-38(20-33)47(63)57(46(37)62)41-13-11-34(25-59)51-40(41)26-60/h6-10,12,20,22,28-29,31,35-36,41,49,51H,2-5,11,13-19,21,23-24,27H2,1H3/t28-,29-,31-,41?/m0/s1. The van der Waals surface area contributed by atoms with Gasteiger partial charge in [0.15, 0.2) is 11.5 Å². The molecule has 2 aromatic carbocycles. The third-order valence-electron chi connectivity index (χ3n) is 14.3. The van der Waals surface area contributed by atoms with Gasteiger partial charge in [-0.25, -0.2) is 28.6 Å². The highest BCUT2D eigenvalue weighted by molar-refractivity contribution is 6.22. The lowest BCUT2D eigenvalue weighted by molar-refractivity contribution is -0.145. The summed E-state index contributed by atoms with van der Waals surface area (Å²) in [5.41, 5.74) is 2.98. The highest BCUT2D eigenvalue weighted by Crippen LogP contribution is 2.37. The molecule has 5 aliphatic heterocycles. The number of imide groups is 1. The molecule has 1 unspecified atom stereocenters. The maximum absolute atomic E-state index is 13.9. The molecular formula is C47H51FN10O6. The van der Waals surface area contributed by atoms with Gasteiger partial charge in [-0.15, -0.1) is 0 Å². The van der Waals surface area contributed by atoms with Crippen molar-refractivity contribution in [2.75, 3.05) is 62.7 Å². The molecular weight excluding hydrogens is 820 g/mol. The van der Waals surface area contributed by atoms with Crippen molar-refractivity contribution in [1.82, 2.24) is 39.8 Å². The number of anilines is 2. The Morgan fingerprint density at radius 3 is 2.41 bits per heavy atom. The number of fused-ring (bicyclic) bond motifs is 2. The van der Waals surface area contributed by atoms with Crippen LogP contribution in [-0.2, 0) is 19.1 Å². The van der Waals surface area contributed by atoms with E-state index in [0.29, 0.717) is 44.1 Å². The molecule has 332 valence electrons. The first kappa shape index (κ1) is 41.7. The fourth-order valence-electron chi connectivity index (χ4n) is 10.5. The van der Waals surface area contributed by atoms with E-state index in [2.05, 4.69) is 32.0 Å². The lowest BCUT2D eigenvalue weighted by Crippen LogP contribution is -2.63. The Balaban J connectivity index is 0.701. The Bertz CT molecular complexity index is 2580. The number of rotatable bonds is 9. The molecule has 1 aliphatic carbocycles. The van der Waals surface area contributed by atoms with Crippen molar-refractivity contribution in [3.63, 3.8) is 0 Å². The van der Waals surface area contributed by atoms with E-state index < -0.39 is 17.9 Å². The van der Waals surface area contributed by atoms with Crippen LogP contribution in [0.25, 0.3) is 22.4 Å². The Labute approximate surface area is 369 Å². The SMILES string of the molecule is C[C@H]1COCCN1c1nc(-c2ccc(F)cc2)nc2c1cnn2C1CCN(C2CN(C(=O)[C@H]3CC[C@H](CNc4ccc5c(c4)C(=O)N(C4CCC(=C=O)NC4=C=O)C5=O)CC3)C2)CC1. The van der Waals surface area contributed by atoms with E-state index >= 15 is 0 Å². The minimum absolute atomic E-state index is 0.0236. The molecule has 3 amide bonds. The van der Waals surface area contributed by atoms with Crippen molar-refractivity contribution in [2.45, 2.75) is 82.5 Å². The van der Waals surface area contributed by atoms with Gasteiger partial charge in [-0.3, -0.25) is 24.2 Å². The number of carbonyl (C=O) groups is 3. The second-order valence-electron chi connectivity index (χ2n) is 18.1. The van der Waals surface area contributed by atoms with E-state index in [1.165, 1.54) is 12.1 Å². The van der Waals surface area contributed by atoms with Crippen molar-refractivity contribution >= 4 is 52.1 Å². The Hall–Kier alpha value is -6.25. The van der Waals surface area contributed by atoms with Gasteiger partial charge < -0.3 is 25.2 Å². The van der Waals surface area contributed by atoms with Gasteiger partial charge in [0.25, 0.3) is 11.8 Å². The van der Waals surface area contributed by atoms with Crippen molar-refractivity contribution in [1.29, 1.82) is 0 Å². The second-order valence-corrected chi connectivity index (χ2v) is 18.1. The number of hydrogen-bond donors (Lipinski definition) is 2. The van der Waals surface area contributed by atoms with Crippen LogP contribution < -0.4 is 15.5 Å². The zero-order valence-electron chi connectivity index (χ0n) is 35.8. The van der Waals surface area contributed by atoms with Crippen LogP contribution in [0.4, 0.5) is 15.9 Å². The summed E-state index contributed by atoms with van der Waals surface area (Å²) in [6, 6.07) is 11.2. The number of halogens is 1. The largest absolute Gasteiger partial charge is 0.385 e. The smallest absolute Gasteiger partial charge is 0.262 e. The molecule has 0 bridgehead atoms. The number of piperidine rings is 2. The third-order valence-corrected chi connectivity index (χ3v) is 14.3. The van der Waals surface area contributed by atoms with Gasteiger partial charge in [0.1, 0.15) is 34.9 Å². The number of aromatic nitrogens is 4. The molecule has 4 saturated heterocycles. The molecule has 1 saturated carbocycles. The summed E-state index contributed by atoms with van der Waals surface area (Å²) in [4.78, 5) is 81.0. The average molecular weight is 871 g/mol. The van der Waals surface area contributed by atoms with Gasteiger partial charge in [-0.2, -0.15) is 5.10 Å². The van der Waals surface area contributed by atoms with Crippen molar-refractivity contribution in [3.05, 3.63) is 77.0 Å². The molecule has 10 rings (SSSR count). The van der Waals surface area contributed by atoms with E-state index in [1.54, 1.807) is 42.2 Å². The average Bonchev–Trinajstić information content (AvgIpc) is 3.85. The van der Waals surface area contributed by atoms with E-state index in [-0.39, 0.29) is 65.1 Å². The van der Waals surface area contributed by atoms with Gasteiger partial charge in [-0.1, -0.05) is 0 Å². The maximum atomic E-state index is 13.9. The molecule has 4 aromatic rings. The van der Waals surface area contributed by atoms with Crippen molar-refractivity contribution < 1.29 is 33.1 Å². The summed E-state index contributed by atoms with van der Waals surface area (Å²) in [6.45, 7) is 8.07. The Kier molecular flexibility index (Phi) is 11.3. The van der Waals surface area contributed by atoms with Crippen LogP contribution >= 0.6 is 0 Å². The normalized spacial score (nSPS) is 24.6. The molecule has 7 heterocycles. The highest BCUT2D eigenvalue weighted by atomic mass is 19.1. The minimum atomic E-state index is -0.826. The zero-order valence-corrected chi connectivity index (χ0v) is 35.8. The fourth-order valence-corrected chi connectivity index (χ4v) is 10.5. The van der Waals surface area contributed by atoms with Crippen LogP contribution in [0.2, 0.25) is 0 Å². The van der Waals surface area contributed by atoms with Gasteiger partial charge in [0.2, 0.25) is 5.91 Å². The lowest BCUT2D eigenvalue weighted by Gasteiger charge is -2.48. The molecule has 17 heteroatoms. The molecule has 5 fully saturated rings. The van der Waals surface area contributed by atoms with Crippen molar-refractivity contribution in [2.24, 2.45) is 11.8 Å². The fraction of sp³-hybridized carbons (Fsp3) is 0.489. The van der Waals surface area contributed by atoms with Gasteiger partial charge >= 0.3 is 0 Å². The van der Waals surface area contributed by atoms with Crippen LogP contribution in [0.15, 0.2) is 60.1 Å². The van der Waals surface area contributed by atoms with Crippen LogP contribution in [0.1, 0.15) is 85.0 Å². The van der Waals surface area contributed by atoms with Crippen LogP contribution in [0.5, 0.6) is 0 Å². The molecule has 6 aliphatic rings. The number of morpholine rings is 1. The van der Waals surface area contributed by atoms with Crippen LogP contribution in [0, 0.1) is 17.7 Å². The topological polar surface area (TPSA) is 175 Å². The number of amides is 3. The number of carbonyl (C=O) groups excluding carboxylic acids is 5. The van der Waals surface area contributed by atoms with E-state index in [0.717, 1.165) is 97.7 Å². The minimum Gasteiger partial charge on any atom is -0.385 e. The van der Waals surface area contributed by atoms with E-state index in [9.17, 15) is 28.4 Å². The number of benzene rings is 2. The van der Waals surface area contributed by atoms with Gasteiger partial charge in [0.05, 0.1) is 54.0 Å². The predicted molar refractivity (Wildman–Crippen MR) is 234 cm³/mol. The predicted octanol–water partition coefficient (Wildman–Crippen LogP) is 4.40.